The van der Waals surface area contributed by atoms with Crippen LogP contribution in [0, 0.1) is 0 Å². The monoisotopic (exact) mass is 298 g/mol. The van der Waals surface area contributed by atoms with Crippen molar-refractivity contribution in [1.82, 2.24) is 4.90 Å². The average Bonchev–Trinajstić information content (AvgIpc) is 2.24. The molecule has 0 spiro atoms. The summed E-state index contributed by atoms with van der Waals surface area (Å²) in [5.41, 5.74) is 0. The predicted molar refractivity (Wildman–Crippen MR) is 65.9 cm³/mol. The molecule has 0 amide bonds. The van der Waals surface area contributed by atoms with E-state index in [1.165, 1.54) is 4.73 Å². The molecule has 0 aliphatic carbocycles. The number of aromatic hydroxyl groups is 1. The molecule has 0 saturated heterocycles. The molecule has 1 aromatic rings. The van der Waals surface area contributed by atoms with Crippen molar-refractivity contribution in [1.29, 1.82) is 0 Å². The van der Waals surface area contributed by atoms with Gasteiger partial charge < -0.3 is 22.4 Å². The van der Waals surface area contributed by atoms with E-state index >= 15 is 0 Å². The maximum atomic E-state index is 9.75. The van der Waals surface area contributed by atoms with E-state index in [4.69, 9.17) is 4.84 Å². The van der Waals surface area contributed by atoms with Crippen molar-refractivity contribution in [2.24, 2.45) is 0 Å². The Morgan fingerprint density at radius 3 is 2.10 bits per heavy atom. The summed E-state index contributed by atoms with van der Waals surface area (Å²) in [7, 11) is 1.48. The summed E-state index contributed by atoms with van der Waals surface area (Å²) in [5.74, 6) is 0.0544. The summed E-state index contributed by atoms with van der Waals surface area (Å²) in [4.78, 5) is 7.32. The summed E-state index contributed by atoms with van der Waals surface area (Å²) < 4.78 is 42.1. The van der Waals surface area contributed by atoms with Gasteiger partial charge in [-0.3, -0.25) is 0 Å². The fourth-order valence-corrected chi connectivity index (χ4v) is 1.15. The molecule has 1 N–H and O–H groups in total. The van der Waals surface area contributed by atoms with Crippen LogP contribution in [0.1, 0.15) is 0 Å². The van der Waals surface area contributed by atoms with Crippen LogP contribution in [0.25, 0.3) is 0 Å². The Labute approximate surface area is 114 Å². The van der Waals surface area contributed by atoms with E-state index in [0.717, 1.165) is 0 Å². The van der Waals surface area contributed by atoms with Crippen molar-refractivity contribution in [2.45, 2.75) is 0 Å². The average molecular weight is 298 g/mol. The second-order valence-electron chi connectivity index (χ2n) is 4.04. The molecular formula is C10H17BF4N3O2+. The molecule has 5 nitrogen and oxygen atoms in total. The zero-order valence-corrected chi connectivity index (χ0v) is 11.6. The third-order valence-corrected chi connectivity index (χ3v) is 1.75. The van der Waals surface area contributed by atoms with Crippen molar-refractivity contribution < 1.29 is 36.5 Å². The van der Waals surface area contributed by atoms with Crippen molar-refractivity contribution in [3.63, 3.8) is 0 Å². The highest BCUT2D eigenvalue weighted by Crippen LogP contribution is 2.06. The van der Waals surface area contributed by atoms with Gasteiger partial charge in [0.25, 0.3) is 0 Å². The fraction of sp³-hybridized carbons (Fsp3) is 0.400. The maximum Gasteiger partial charge on any atom is 0.673 e. The van der Waals surface area contributed by atoms with Crippen molar-refractivity contribution in [3.8, 4) is 5.88 Å². The van der Waals surface area contributed by atoms with E-state index in [1.54, 1.807) is 24.4 Å². The molecule has 1 aromatic heterocycles. The minimum absolute atomic E-state index is 0.0544. The molecule has 0 aliphatic heterocycles. The lowest BCUT2D eigenvalue weighted by Gasteiger charge is -2.06. The molecule has 1 rings (SSSR count). The molecule has 0 radical (unpaired) electrons. The smallest absolute Gasteiger partial charge is 0.457 e. The second kappa shape index (κ2) is 7.56. The summed E-state index contributed by atoms with van der Waals surface area (Å²) >= 11 is 0. The quantitative estimate of drug-likeness (QED) is 0.271. The van der Waals surface area contributed by atoms with Crippen molar-refractivity contribution >= 4 is 13.3 Å². The third-order valence-electron chi connectivity index (χ3n) is 1.75. The Morgan fingerprint density at radius 1 is 1.25 bits per heavy atom. The van der Waals surface area contributed by atoms with Gasteiger partial charge in [-0.2, -0.15) is 0 Å². The van der Waals surface area contributed by atoms with Crippen LogP contribution in [0.15, 0.2) is 24.4 Å². The molecule has 114 valence electrons. The predicted octanol–water partition coefficient (Wildman–Crippen LogP) is 0.598. The van der Waals surface area contributed by atoms with Crippen LogP contribution in [0.4, 0.5) is 17.3 Å². The largest absolute Gasteiger partial charge is 0.673 e. The van der Waals surface area contributed by atoms with Crippen LogP contribution in [0.2, 0.25) is 0 Å². The molecular weight excluding hydrogens is 281 g/mol. The first-order valence-corrected chi connectivity index (χ1v) is 5.49. The van der Waals surface area contributed by atoms with Crippen molar-refractivity contribution in [3.05, 3.63) is 24.4 Å². The lowest BCUT2D eigenvalue weighted by atomic mass is 10.3. The molecule has 0 bridgehead atoms. The lowest BCUT2D eigenvalue weighted by molar-refractivity contribution is -0.875. The standard InChI is InChI=1S/C10H16N3O2.BF4/c1-11(2)10(12(3)4)15-13-8-6-5-7-9(13)14;2-1(3,4)5/h5-8H,1-4H3;/q+1;-1/p+1. The van der Waals surface area contributed by atoms with E-state index in [9.17, 15) is 22.4 Å². The fourth-order valence-electron chi connectivity index (χ4n) is 1.15. The van der Waals surface area contributed by atoms with Crippen LogP contribution in [0.5, 0.6) is 5.88 Å². The molecule has 0 fully saturated rings. The number of nitrogens with zero attached hydrogens (tertiary/aromatic N) is 3. The SMILES string of the molecule is CN(C)C(O[n+]1ccccc1O)=[N+](C)C.F[B-](F)(F)F. The Hall–Kier alpha value is -2.00. The van der Waals surface area contributed by atoms with Gasteiger partial charge >= 0.3 is 19.2 Å². The van der Waals surface area contributed by atoms with Gasteiger partial charge in [-0.05, 0) is 6.07 Å². The normalized spacial score (nSPS) is 10.2. The first-order chi connectivity index (χ1) is 9.02. The number of pyridine rings is 1. The van der Waals surface area contributed by atoms with Crippen LogP contribution >= 0.6 is 0 Å². The number of halogens is 4. The number of hydrogen-bond donors (Lipinski definition) is 1. The third kappa shape index (κ3) is 8.17. The summed E-state index contributed by atoms with van der Waals surface area (Å²) in [6, 6.07) is 5.70. The first-order valence-electron chi connectivity index (χ1n) is 5.49. The zero-order chi connectivity index (χ0) is 15.9. The zero-order valence-electron chi connectivity index (χ0n) is 11.6. The number of amidine groups is 1. The number of hydrogen-bond acceptors (Lipinski definition) is 2. The van der Waals surface area contributed by atoms with Crippen LogP contribution in [-0.4, -0.2) is 56.0 Å². The Bertz CT molecular complexity index is 456. The van der Waals surface area contributed by atoms with Crippen LogP contribution < -0.4 is 9.57 Å². The Morgan fingerprint density at radius 2 is 1.75 bits per heavy atom. The van der Waals surface area contributed by atoms with Gasteiger partial charge in [-0.15, -0.1) is 4.84 Å². The van der Waals surface area contributed by atoms with E-state index in [-0.39, 0.29) is 5.88 Å². The molecule has 10 heteroatoms. The maximum absolute atomic E-state index is 9.75. The number of aromatic nitrogens is 1. The summed E-state index contributed by atoms with van der Waals surface area (Å²) in [6.07, 6.45) is 1.64. The van der Waals surface area contributed by atoms with E-state index < -0.39 is 7.25 Å². The molecule has 0 aliphatic rings. The van der Waals surface area contributed by atoms with Gasteiger partial charge in [0.05, 0.1) is 39.0 Å². The van der Waals surface area contributed by atoms with Crippen molar-refractivity contribution in [2.75, 3.05) is 28.2 Å². The van der Waals surface area contributed by atoms with Gasteiger partial charge in [0.15, 0.2) is 0 Å². The molecule has 1 heterocycles. The molecule has 0 aromatic carbocycles. The molecule has 20 heavy (non-hydrogen) atoms. The Kier molecular flexibility index (Phi) is 6.81. The van der Waals surface area contributed by atoms with Gasteiger partial charge in [-0.1, -0.05) is 0 Å². The molecule has 0 saturated carbocycles. The van der Waals surface area contributed by atoms with Crippen LogP contribution in [-0.2, 0) is 0 Å². The second-order valence-corrected chi connectivity index (χ2v) is 4.04. The minimum Gasteiger partial charge on any atom is -0.457 e. The first kappa shape index (κ1) is 18.0. The highest BCUT2D eigenvalue weighted by molar-refractivity contribution is 6.50. The molecule has 0 unspecified atom stereocenters. The van der Waals surface area contributed by atoms with Gasteiger partial charge in [0.1, 0.15) is 0 Å². The lowest BCUT2D eigenvalue weighted by Crippen LogP contribution is -2.52. The highest BCUT2D eigenvalue weighted by atomic mass is 19.5. The van der Waals surface area contributed by atoms with E-state index in [2.05, 4.69) is 0 Å². The van der Waals surface area contributed by atoms with E-state index in [1.807, 2.05) is 37.7 Å². The minimum atomic E-state index is -6.00. The van der Waals surface area contributed by atoms with Gasteiger partial charge in [0.2, 0.25) is 6.20 Å². The Balaban J connectivity index is 0.000000621. The van der Waals surface area contributed by atoms with Crippen LogP contribution in [0.3, 0.4) is 0 Å². The number of rotatable bonds is 1. The van der Waals surface area contributed by atoms with Gasteiger partial charge in [-0.25, -0.2) is 9.48 Å². The summed E-state index contributed by atoms with van der Waals surface area (Å²) in [6.45, 7) is 0. The van der Waals surface area contributed by atoms with E-state index in [0.29, 0.717) is 6.02 Å². The topological polar surface area (TPSA) is 39.6 Å². The van der Waals surface area contributed by atoms with Gasteiger partial charge in [0, 0.05) is 6.07 Å². The highest BCUT2D eigenvalue weighted by Gasteiger charge is 2.22. The molecule has 0 atom stereocenters. The summed E-state index contributed by atoms with van der Waals surface area (Å²) in [5, 5.41) is 9.51.